The van der Waals surface area contributed by atoms with Crippen molar-refractivity contribution in [3.05, 3.63) is 0 Å². The minimum absolute atomic E-state index is 0.143. The van der Waals surface area contributed by atoms with Crippen molar-refractivity contribution in [2.75, 3.05) is 27.2 Å². The second-order valence-electron chi connectivity index (χ2n) is 3.80. The van der Waals surface area contributed by atoms with E-state index in [0.717, 1.165) is 0 Å². The van der Waals surface area contributed by atoms with E-state index in [1.54, 1.807) is 7.05 Å². The van der Waals surface area contributed by atoms with Crippen LogP contribution < -0.4 is 10.6 Å². The van der Waals surface area contributed by atoms with Crippen molar-refractivity contribution in [1.29, 1.82) is 0 Å². The van der Waals surface area contributed by atoms with Gasteiger partial charge in [0.25, 0.3) is 0 Å². The molecule has 0 aromatic rings. The number of amides is 2. The molecule has 0 aliphatic carbocycles. The number of carboxylic acids is 2. The number of carbonyl (C=O) groups is 3. The summed E-state index contributed by atoms with van der Waals surface area (Å²) in [5.74, 6) is -2.34. The number of carboxylic acid groups (broad SMARTS) is 2. The maximum Gasteiger partial charge on any atom is 0.326 e. The molecule has 4 N–H and O–H groups in total. The SMILES string of the molecule is CNCCN(C)C(=O)NC(CCC(=O)O)C(=O)O. The molecule has 0 rings (SSSR count). The van der Waals surface area contributed by atoms with E-state index in [9.17, 15) is 14.4 Å². The van der Waals surface area contributed by atoms with Crippen molar-refractivity contribution in [3.8, 4) is 0 Å². The van der Waals surface area contributed by atoms with Crippen molar-refractivity contribution in [1.82, 2.24) is 15.5 Å². The van der Waals surface area contributed by atoms with Crippen LogP contribution in [0, 0.1) is 0 Å². The molecule has 0 saturated heterocycles. The fourth-order valence-electron chi connectivity index (χ4n) is 1.17. The van der Waals surface area contributed by atoms with Crippen molar-refractivity contribution < 1.29 is 24.6 Å². The van der Waals surface area contributed by atoms with E-state index in [-0.39, 0.29) is 12.8 Å². The van der Waals surface area contributed by atoms with Gasteiger partial charge >= 0.3 is 18.0 Å². The Kier molecular flexibility index (Phi) is 7.45. The van der Waals surface area contributed by atoms with Crippen LogP contribution in [0.3, 0.4) is 0 Å². The van der Waals surface area contributed by atoms with Gasteiger partial charge in [-0.25, -0.2) is 9.59 Å². The summed E-state index contributed by atoms with van der Waals surface area (Å²) in [5, 5.41) is 22.5. The molecule has 1 unspecified atom stereocenters. The third-order valence-corrected chi connectivity index (χ3v) is 2.29. The highest BCUT2D eigenvalue weighted by molar-refractivity contribution is 5.82. The van der Waals surface area contributed by atoms with Gasteiger partial charge in [-0.2, -0.15) is 0 Å². The van der Waals surface area contributed by atoms with Gasteiger partial charge in [-0.05, 0) is 13.5 Å². The number of carbonyl (C=O) groups excluding carboxylic acids is 1. The van der Waals surface area contributed by atoms with Crippen LogP contribution in [-0.4, -0.2) is 66.3 Å². The lowest BCUT2D eigenvalue weighted by Crippen LogP contribution is -2.48. The monoisotopic (exact) mass is 261 g/mol. The Morgan fingerprint density at radius 2 is 1.89 bits per heavy atom. The van der Waals surface area contributed by atoms with E-state index in [2.05, 4.69) is 10.6 Å². The molecule has 1 atom stereocenters. The summed E-state index contributed by atoms with van der Waals surface area (Å²) >= 11 is 0. The van der Waals surface area contributed by atoms with Gasteiger partial charge in [0.05, 0.1) is 0 Å². The van der Waals surface area contributed by atoms with E-state index in [0.29, 0.717) is 13.1 Å². The predicted octanol–water partition coefficient (Wildman–Crippen LogP) is -0.835. The standard InChI is InChI=1S/C10H19N3O5/c1-11-5-6-13(2)10(18)12-7(9(16)17)3-4-8(14)15/h7,11H,3-6H2,1-2H3,(H,12,18)(H,14,15)(H,16,17). The molecule has 0 heterocycles. The van der Waals surface area contributed by atoms with Crippen molar-refractivity contribution in [2.45, 2.75) is 18.9 Å². The number of hydrogen-bond acceptors (Lipinski definition) is 4. The van der Waals surface area contributed by atoms with E-state index >= 15 is 0 Å². The van der Waals surface area contributed by atoms with Gasteiger partial charge in [0, 0.05) is 26.6 Å². The van der Waals surface area contributed by atoms with Gasteiger partial charge in [-0.1, -0.05) is 0 Å². The molecule has 0 aliphatic rings. The Morgan fingerprint density at radius 3 is 2.33 bits per heavy atom. The van der Waals surface area contributed by atoms with Gasteiger partial charge in [-0.15, -0.1) is 0 Å². The first-order valence-corrected chi connectivity index (χ1v) is 5.49. The summed E-state index contributed by atoms with van der Waals surface area (Å²) in [6, 6.07) is -1.73. The predicted molar refractivity (Wildman–Crippen MR) is 63.4 cm³/mol. The summed E-state index contributed by atoms with van der Waals surface area (Å²) in [4.78, 5) is 34.1. The normalized spacial score (nSPS) is 11.7. The molecule has 0 spiro atoms. The fourth-order valence-corrected chi connectivity index (χ4v) is 1.17. The largest absolute Gasteiger partial charge is 0.481 e. The Labute approximate surface area is 105 Å². The number of hydrogen-bond donors (Lipinski definition) is 4. The van der Waals surface area contributed by atoms with Gasteiger partial charge in [0.15, 0.2) is 0 Å². The number of likely N-dealkylation sites (N-methyl/N-ethyl adjacent to an activating group) is 2. The van der Waals surface area contributed by atoms with E-state index in [4.69, 9.17) is 10.2 Å². The summed E-state index contributed by atoms with van der Waals surface area (Å²) in [5.41, 5.74) is 0. The number of rotatable bonds is 8. The zero-order chi connectivity index (χ0) is 14.1. The van der Waals surface area contributed by atoms with Crippen LogP contribution in [0.15, 0.2) is 0 Å². The first-order valence-electron chi connectivity index (χ1n) is 5.49. The van der Waals surface area contributed by atoms with E-state index < -0.39 is 24.0 Å². The zero-order valence-electron chi connectivity index (χ0n) is 10.5. The van der Waals surface area contributed by atoms with Gasteiger partial charge in [0.1, 0.15) is 6.04 Å². The van der Waals surface area contributed by atoms with Crippen LogP contribution >= 0.6 is 0 Å². The van der Waals surface area contributed by atoms with Crippen molar-refractivity contribution in [2.24, 2.45) is 0 Å². The molecular weight excluding hydrogens is 242 g/mol. The molecule has 8 nitrogen and oxygen atoms in total. The fraction of sp³-hybridized carbons (Fsp3) is 0.700. The van der Waals surface area contributed by atoms with Crippen molar-refractivity contribution >= 4 is 18.0 Å². The molecule has 0 aromatic heterocycles. The van der Waals surface area contributed by atoms with Crippen LogP contribution in [0.5, 0.6) is 0 Å². The summed E-state index contributed by atoms with van der Waals surface area (Å²) in [6.07, 6.45) is -0.451. The molecule has 0 saturated carbocycles. The first kappa shape index (κ1) is 16.2. The first-order chi connectivity index (χ1) is 8.38. The Bertz CT molecular complexity index is 308. The summed E-state index contributed by atoms with van der Waals surface area (Å²) in [7, 11) is 3.27. The summed E-state index contributed by atoms with van der Waals surface area (Å²) in [6.45, 7) is 1.00. The van der Waals surface area contributed by atoms with Gasteiger partial charge in [0.2, 0.25) is 0 Å². The Balaban J connectivity index is 4.26. The third-order valence-electron chi connectivity index (χ3n) is 2.29. The number of nitrogens with zero attached hydrogens (tertiary/aromatic N) is 1. The Morgan fingerprint density at radius 1 is 1.28 bits per heavy atom. The molecule has 104 valence electrons. The second kappa shape index (κ2) is 8.29. The molecule has 2 amide bonds. The quantitative estimate of drug-likeness (QED) is 0.452. The lowest BCUT2D eigenvalue weighted by Gasteiger charge is -2.21. The number of nitrogens with one attached hydrogen (secondary N) is 2. The van der Waals surface area contributed by atoms with E-state index in [1.807, 2.05) is 0 Å². The van der Waals surface area contributed by atoms with Crippen LogP contribution in [0.25, 0.3) is 0 Å². The van der Waals surface area contributed by atoms with Crippen molar-refractivity contribution in [3.63, 3.8) is 0 Å². The molecule has 0 bridgehead atoms. The lowest BCUT2D eigenvalue weighted by atomic mass is 10.1. The Hall–Kier alpha value is -1.83. The molecule has 0 fully saturated rings. The molecule has 0 aromatic carbocycles. The molecule has 0 aliphatic heterocycles. The molecular formula is C10H19N3O5. The minimum atomic E-state index is -1.24. The van der Waals surface area contributed by atoms with Crippen LogP contribution in [-0.2, 0) is 9.59 Å². The zero-order valence-corrected chi connectivity index (χ0v) is 10.5. The van der Waals surface area contributed by atoms with Gasteiger partial charge < -0.3 is 25.7 Å². The maximum absolute atomic E-state index is 11.6. The van der Waals surface area contributed by atoms with Gasteiger partial charge in [-0.3, -0.25) is 4.79 Å². The smallest absolute Gasteiger partial charge is 0.326 e. The highest BCUT2D eigenvalue weighted by atomic mass is 16.4. The van der Waals surface area contributed by atoms with E-state index in [1.165, 1.54) is 11.9 Å². The highest BCUT2D eigenvalue weighted by Gasteiger charge is 2.22. The minimum Gasteiger partial charge on any atom is -0.481 e. The summed E-state index contributed by atoms with van der Waals surface area (Å²) < 4.78 is 0. The topological polar surface area (TPSA) is 119 Å². The second-order valence-corrected chi connectivity index (χ2v) is 3.80. The van der Waals surface area contributed by atoms with Crippen LogP contribution in [0.1, 0.15) is 12.8 Å². The molecule has 8 heteroatoms. The molecule has 18 heavy (non-hydrogen) atoms. The molecule has 0 radical (unpaired) electrons. The number of aliphatic carboxylic acids is 2. The number of urea groups is 1. The lowest BCUT2D eigenvalue weighted by molar-refractivity contribution is -0.140. The third kappa shape index (κ3) is 6.69. The maximum atomic E-state index is 11.6. The highest BCUT2D eigenvalue weighted by Crippen LogP contribution is 1.99. The average molecular weight is 261 g/mol. The van der Waals surface area contributed by atoms with Crippen LogP contribution in [0.2, 0.25) is 0 Å². The average Bonchev–Trinajstić information content (AvgIpc) is 2.30. The van der Waals surface area contributed by atoms with Crippen LogP contribution in [0.4, 0.5) is 4.79 Å².